The fourth-order valence-electron chi connectivity index (χ4n) is 3.21. The van der Waals surface area contributed by atoms with E-state index in [1.165, 1.54) is 6.92 Å². The number of aromatic nitrogens is 1. The van der Waals surface area contributed by atoms with Crippen LogP contribution in [0.5, 0.6) is 0 Å². The Balaban J connectivity index is 2.04. The highest BCUT2D eigenvalue weighted by Crippen LogP contribution is 2.37. The Morgan fingerprint density at radius 1 is 1.29 bits per heavy atom. The first kappa shape index (κ1) is 14.1. The van der Waals surface area contributed by atoms with Crippen LogP contribution in [-0.4, -0.2) is 16.6 Å². The van der Waals surface area contributed by atoms with Crippen LogP contribution in [0.4, 0.5) is 0 Å². The largest absolute Gasteiger partial charge is 0.355 e. The molecule has 0 amide bonds. The minimum absolute atomic E-state index is 0.0380. The first-order chi connectivity index (χ1) is 9.99. The molecular formula is C17H16ClNO2. The first-order valence-corrected chi connectivity index (χ1v) is 7.36. The molecular weight excluding hydrogens is 286 g/mol. The maximum absolute atomic E-state index is 12.5. The molecule has 0 saturated carbocycles. The zero-order valence-electron chi connectivity index (χ0n) is 12.0. The van der Waals surface area contributed by atoms with Crippen molar-refractivity contribution in [3.63, 3.8) is 0 Å². The van der Waals surface area contributed by atoms with E-state index in [0.29, 0.717) is 29.1 Å². The zero-order chi connectivity index (χ0) is 15.1. The molecule has 1 atom stereocenters. The van der Waals surface area contributed by atoms with Gasteiger partial charge in [0.25, 0.3) is 0 Å². The van der Waals surface area contributed by atoms with Crippen molar-refractivity contribution in [3.8, 4) is 0 Å². The number of carbonyl (C=O) groups is 2. The fraction of sp³-hybridized carbons (Fsp3) is 0.294. The lowest BCUT2D eigenvalue weighted by Gasteiger charge is -2.22. The van der Waals surface area contributed by atoms with Crippen LogP contribution in [-0.2, 0) is 6.42 Å². The van der Waals surface area contributed by atoms with Crippen LogP contribution in [0.3, 0.4) is 0 Å². The number of nitrogens with one attached hydrogen (secondary N) is 1. The molecule has 1 unspecified atom stereocenters. The number of carbonyl (C=O) groups excluding carboxylic acids is 2. The second-order valence-corrected chi connectivity index (χ2v) is 5.99. The maximum Gasteiger partial charge on any atom is 0.176 e. The van der Waals surface area contributed by atoms with E-state index in [4.69, 9.17) is 11.6 Å². The number of H-pyrrole nitrogens is 1. The molecule has 3 nitrogen and oxygen atoms in total. The van der Waals surface area contributed by atoms with Gasteiger partial charge in [-0.15, -0.1) is 0 Å². The Hall–Kier alpha value is -1.87. The molecule has 0 radical (unpaired) electrons. The minimum atomic E-state index is -0.0380. The van der Waals surface area contributed by atoms with E-state index in [1.54, 1.807) is 0 Å². The molecule has 1 aliphatic carbocycles. The summed E-state index contributed by atoms with van der Waals surface area (Å²) in [5, 5.41) is 0.689. The molecule has 1 aliphatic rings. The second kappa shape index (κ2) is 5.15. The van der Waals surface area contributed by atoms with Gasteiger partial charge in [0.05, 0.1) is 5.69 Å². The Morgan fingerprint density at radius 3 is 2.67 bits per heavy atom. The molecule has 1 aromatic carbocycles. The van der Waals surface area contributed by atoms with E-state index in [9.17, 15) is 9.59 Å². The Kier molecular flexibility index (Phi) is 3.46. The second-order valence-electron chi connectivity index (χ2n) is 5.58. The predicted molar refractivity (Wildman–Crippen MR) is 82.4 cm³/mol. The predicted octanol–water partition coefficient (Wildman–Crippen LogP) is 4.09. The lowest BCUT2D eigenvalue weighted by atomic mass is 9.81. The summed E-state index contributed by atoms with van der Waals surface area (Å²) in [5.74, 6) is 0.114. The normalized spacial score (nSPS) is 17.7. The Labute approximate surface area is 128 Å². The highest BCUT2D eigenvalue weighted by Gasteiger charge is 2.31. The van der Waals surface area contributed by atoms with E-state index in [0.717, 1.165) is 16.8 Å². The van der Waals surface area contributed by atoms with Crippen LogP contribution >= 0.6 is 11.6 Å². The first-order valence-electron chi connectivity index (χ1n) is 6.99. The molecule has 1 aromatic heterocycles. The van der Waals surface area contributed by atoms with Gasteiger partial charge in [-0.25, -0.2) is 0 Å². The molecule has 0 saturated heterocycles. The topological polar surface area (TPSA) is 49.9 Å². The number of ketones is 2. The van der Waals surface area contributed by atoms with Gasteiger partial charge < -0.3 is 4.98 Å². The van der Waals surface area contributed by atoms with Gasteiger partial charge in [-0.05, 0) is 36.5 Å². The number of aromatic amines is 1. The van der Waals surface area contributed by atoms with Gasteiger partial charge in [0.1, 0.15) is 0 Å². The molecule has 0 spiro atoms. The number of rotatable bonds is 2. The smallest absolute Gasteiger partial charge is 0.176 e. The summed E-state index contributed by atoms with van der Waals surface area (Å²) in [6.45, 7) is 3.35. The molecule has 0 bridgehead atoms. The Morgan fingerprint density at radius 2 is 2.00 bits per heavy atom. The van der Waals surface area contributed by atoms with Gasteiger partial charge in [0, 0.05) is 29.6 Å². The van der Waals surface area contributed by atoms with Crippen LogP contribution < -0.4 is 0 Å². The summed E-state index contributed by atoms with van der Waals surface area (Å²) in [6, 6.07) is 7.63. The summed E-state index contributed by atoms with van der Waals surface area (Å²) in [4.78, 5) is 27.2. The van der Waals surface area contributed by atoms with E-state index >= 15 is 0 Å². The van der Waals surface area contributed by atoms with Gasteiger partial charge in [-0.2, -0.15) is 0 Å². The van der Waals surface area contributed by atoms with Gasteiger partial charge in [-0.1, -0.05) is 29.8 Å². The van der Waals surface area contributed by atoms with Gasteiger partial charge in [0.15, 0.2) is 11.6 Å². The number of benzene rings is 1. The van der Waals surface area contributed by atoms with Crippen molar-refractivity contribution >= 4 is 23.2 Å². The van der Waals surface area contributed by atoms with Crippen molar-refractivity contribution in [2.75, 3.05) is 0 Å². The van der Waals surface area contributed by atoms with Crippen molar-refractivity contribution in [1.82, 2.24) is 4.98 Å². The van der Waals surface area contributed by atoms with Crippen molar-refractivity contribution in [2.24, 2.45) is 0 Å². The van der Waals surface area contributed by atoms with Crippen molar-refractivity contribution in [1.29, 1.82) is 0 Å². The molecule has 0 fully saturated rings. The standard InChI is InChI=1S/C17H16ClNO2/c1-9-16-14(19-17(9)10(2)20)7-11(8-15(16)21)12-5-3-4-6-13(12)18/h3-6,11,19H,7-8H2,1-2H3. The maximum atomic E-state index is 12.5. The summed E-state index contributed by atoms with van der Waals surface area (Å²) in [7, 11) is 0. The van der Waals surface area contributed by atoms with Crippen molar-refractivity contribution < 1.29 is 9.59 Å². The average Bonchev–Trinajstić information content (AvgIpc) is 2.77. The quantitative estimate of drug-likeness (QED) is 0.849. The lowest BCUT2D eigenvalue weighted by molar-refractivity contribution is 0.0963. The van der Waals surface area contributed by atoms with E-state index in [1.807, 2.05) is 31.2 Å². The minimum Gasteiger partial charge on any atom is -0.355 e. The number of halogens is 1. The van der Waals surface area contributed by atoms with Gasteiger partial charge in [-0.3, -0.25) is 9.59 Å². The number of Topliss-reactive ketones (excluding diaryl/α,β-unsaturated/α-hetero) is 2. The summed E-state index contributed by atoms with van der Waals surface area (Å²) < 4.78 is 0. The van der Waals surface area contributed by atoms with Crippen LogP contribution in [0.2, 0.25) is 5.02 Å². The van der Waals surface area contributed by atoms with Crippen LogP contribution in [0, 0.1) is 6.92 Å². The molecule has 108 valence electrons. The molecule has 4 heteroatoms. The summed E-state index contributed by atoms with van der Waals surface area (Å²) >= 11 is 6.24. The van der Waals surface area contributed by atoms with Crippen LogP contribution in [0.15, 0.2) is 24.3 Å². The third kappa shape index (κ3) is 2.32. The highest BCUT2D eigenvalue weighted by molar-refractivity contribution is 6.31. The third-order valence-electron chi connectivity index (χ3n) is 4.19. The van der Waals surface area contributed by atoms with E-state index < -0.39 is 0 Å². The van der Waals surface area contributed by atoms with Crippen molar-refractivity contribution in [2.45, 2.75) is 32.6 Å². The lowest BCUT2D eigenvalue weighted by Crippen LogP contribution is -2.18. The SMILES string of the molecule is CC(=O)c1[nH]c2c(c1C)C(=O)CC(c1ccccc1Cl)C2. The summed E-state index contributed by atoms with van der Waals surface area (Å²) in [6.07, 6.45) is 1.14. The Bertz CT molecular complexity index is 745. The zero-order valence-corrected chi connectivity index (χ0v) is 12.8. The van der Waals surface area contributed by atoms with E-state index in [2.05, 4.69) is 4.98 Å². The number of hydrogen-bond acceptors (Lipinski definition) is 2. The van der Waals surface area contributed by atoms with Crippen LogP contribution in [0.1, 0.15) is 56.9 Å². The molecule has 3 rings (SSSR count). The number of fused-ring (bicyclic) bond motifs is 1. The molecule has 0 aliphatic heterocycles. The molecule has 2 aromatic rings. The molecule has 21 heavy (non-hydrogen) atoms. The molecule has 1 heterocycles. The van der Waals surface area contributed by atoms with Crippen molar-refractivity contribution in [3.05, 3.63) is 57.4 Å². The average molecular weight is 302 g/mol. The van der Waals surface area contributed by atoms with Gasteiger partial charge in [0.2, 0.25) is 0 Å². The highest BCUT2D eigenvalue weighted by atomic mass is 35.5. The fourth-order valence-corrected chi connectivity index (χ4v) is 3.50. The van der Waals surface area contributed by atoms with E-state index in [-0.39, 0.29) is 17.5 Å². The number of hydrogen-bond donors (Lipinski definition) is 1. The van der Waals surface area contributed by atoms with Gasteiger partial charge >= 0.3 is 0 Å². The van der Waals surface area contributed by atoms with Crippen LogP contribution in [0.25, 0.3) is 0 Å². The third-order valence-corrected chi connectivity index (χ3v) is 4.53. The monoisotopic (exact) mass is 301 g/mol. The molecule has 1 N–H and O–H groups in total. The summed E-state index contributed by atoms with van der Waals surface area (Å²) in [5.41, 5.74) is 3.88.